The first-order valence-electron chi connectivity index (χ1n) is 5.62. The highest BCUT2D eigenvalue weighted by atomic mass is 16.5. The summed E-state index contributed by atoms with van der Waals surface area (Å²) in [6, 6.07) is 7.51. The van der Waals surface area contributed by atoms with Crippen molar-refractivity contribution >= 4 is 5.91 Å². The van der Waals surface area contributed by atoms with Crippen LogP contribution in [0.3, 0.4) is 0 Å². The molecular weight excluding hydrogens is 216 g/mol. The topological polar surface area (TPSA) is 64.3 Å². The number of benzene rings is 1. The molecule has 3 N–H and O–H groups in total. The zero-order valence-electron chi connectivity index (χ0n) is 10.8. The predicted octanol–water partition coefficient (Wildman–Crippen LogP) is 1.39. The van der Waals surface area contributed by atoms with Gasteiger partial charge in [0.05, 0.1) is 7.11 Å². The summed E-state index contributed by atoms with van der Waals surface area (Å²) >= 11 is 0. The highest BCUT2D eigenvalue weighted by Gasteiger charge is 2.33. The fourth-order valence-electron chi connectivity index (χ4n) is 1.81. The van der Waals surface area contributed by atoms with Crippen molar-refractivity contribution in [1.29, 1.82) is 0 Å². The van der Waals surface area contributed by atoms with E-state index in [4.69, 9.17) is 10.5 Å². The summed E-state index contributed by atoms with van der Waals surface area (Å²) in [5.74, 6) is 0.306. The van der Waals surface area contributed by atoms with Gasteiger partial charge in [-0.3, -0.25) is 10.1 Å². The molecule has 1 aromatic carbocycles. The van der Waals surface area contributed by atoms with Gasteiger partial charge in [-0.1, -0.05) is 12.1 Å². The number of methoxy groups -OCH3 is 1. The number of hydrogen-bond acceptors (Lipinski definition) is 3. The van der Waals surface area contributed by atoms with E-state index in [2.05, 4.69) is 5.32 Å². The van der Waals surface area contributed by atoms with Crippen LogP contribution in [0.25, 0.3) is 0 Å². The van der Waals surface area contributed by atoms with Crippen molar-refractivity contribution in [3.05, 3.63) is 29.8 Å². The number of hydrogen-bond donors (Lipinski definition) is 2. The lowest BCUT2D eigenvalue weighted by Crippen LogP contribution is -2.52. The van der Waals surface area contributed by atoms with Gasteiger partial charge >= 0.3 is 0 Å². The van der Waals surface area contributed by atoms with Crippen molar-refractivity contribution in [3.8, 4) is 5.75 Å². The third-order valence-corrected chi connectivity index (χ3v) is 2.72. The normalized spacial score (nSPS) is 14.4. The minimum atomic E-state index is -0.886. The molecule has 0 aliphatic heterocycles. The second-order valence-electron chi connectivity index (χ2n) is 4.52. The lowest BCUT2D eigenvalue weighted by atomic mass is 9.90. The van der Waals surface area contributed by atoms with Crippen LogP contribution in [0, 0.1) is 0 Å². The van der Waals surface area contributed by atoms with Crippen molar-refractivity contribution in [2.75, 3.05) is 7.11 Å². The molecule has 17 heavy (non-hydrogen) atoms. The Morgan fingerprint density at radius 3 is 2.59 bits per heavy atom. The number of primary amides is 1. The van der Waals surface area contributed by atoms with Crippen molar-refractivity contribution in [2.45, 2.75) is 32.4 Å². The Morgan fingerprint density at radius 2 is 2.12 bits per heavy atom. The van der Waals surface area contributed by atoms with Crippen molar-refractivity contribution in [2.24, 2.45) is 5.73 Å². The van der Waals surface area contributed by atoms with E-state index in [1.54, 1.807) is 14.0 Å². The smallest absolute Gasteiger partial charge is 0.242 e. The average molecular weight is 236 g/mol. The maximum atomic E-state index is 11.7. The monoisotopic (exact) mass is 236 g/mol. The summed E-state index contributed by atoms with van der Waals surface area (Å²) in [6.07, 6.45) is 0. The zero-order valence-corrected chi connectivity index (χ0v) is 10.8. The van der Waals surface area contributed by atoms with Crippen molar-refractivity contribution in [1.82, 2.24) is 5.32 Å². The molecule has 4 heteroatoms. The summed E-state index contributed by atoms with van der Waals surface area (Å²) in [7, 11) is 1.59. The number of rotatable bonds is 5. The molecule has 0 radical (unpaired) electrons. The van der Waals surface area contributed by atoms with Crippen LogP contribution in [0.1, 0.15) is 26.3 Å². The lowest BCUT2D eigenvalue weighted by Gasteiger charge is -2.30. The summed E-state index contributed by atoms with van der Waals surface area (Å²) in [6.45, 7) is 5.73. The zero-order chi connectivity index (χ0) is 13.1. The predicted molar refractivity (Wildman–Crippen MR) is 67.8 cm³/mol. The molecule has 4 nitrogen and oxygen atoms in total. The number of amides is 1. The maximum Gasteiger partial charge on any atom is 0.242 e. The summed E-state index contributed by atoms with van der Waals surface area (Å²) < 4.78 is 5.15. The third-order valence-electron chi connectivity index (χ3n) is 2.72. The fourth-order valence-corrected chi connectivity index (χ4v) is 1.81. The molecule has 0 spiro atoms. The van der Waals surface area contributed by atoms with Crippen LogP contribution in [-0.4, -0.2) is 19.1 Å². The van der Waals surface area contributed by atoms with E-state index in [1.165, 1.54) is 0 Å². The summed E-state index contributed by atoms with van der Waals surface area (Å²) in [5, 5.41) is 3.19. The molecule has 0 heterocycles. The van der Waals surface area contributed by atoms with Gasteiger partial charge in [0.2, 0.25) is 5.91 Å². The van der Waals surface area contributed by atoms with Crippen LogP contribution in [0.4, 0.5) is 0 Å². The molecule has 0 saturated heterocycles. The Hall–Kier alpha value is -1.55. The molecule has 0 aromatic heterocycles. The lowest BCUT2D eigenvalue weighted by molar-refractivity contribution is -0.124. The van der Waals surface area contributed by atoms with E-state index in [1.807, 2.05) is 38.1 Å². The van der Waals surface area contributed by atoms with Crippen LogP contribution >= 0.6 is 0 Å². The highest BCUT2D eigenvalue weighted by Crippen LogP contribution is 2.24. The highest BCUT2D eigenvalue weighted by molar-refractivity contribution is 5.85. The Labute approximate surface area is 102 Å². The number of carbonyl (C=O) groups is 1. The number of carbonyl (C=O) groups excluding carboxylic acids is 1. The molecule has 0 aliphatic rings. The first-order chi connectivity index (χ1) is 7.90. The van der Waals surface area contributed by atoms with Gasteiger partial charge in [-0.15, -0.1) is 0 Å². The van der Waals surface area contributed by atoms with Crippen molar-refractivity contribution in [3.63, 3.8) is 0 Å². The molecule has 0 bridgehead atoms. The SMILES string of the molecule is COc1cccc(C(C)(NC(C)C)C(N)=O)c1. The van der Waals surface area contributed by atoms with E-state index >= 15 is 0 Å². The molecule has 94 valence electrons. The van der Waals surface area contributed by atoms with Crippen LogP contribution < -0.4 is 15.8 Å². The third kappa shape index (κ3) is 2.97. The average Bonchev–Trinajstić information content (AvgIpc) is 2.28. The molecule has 1 unspecified atom stereocenters. The maximum absolute atomic E-state index is 11.7. The van der Waals surface area contributed by atoms with Gasteiger partial charge < -0.3 is 10.5 Å². The van der Waals surface area contributed by atoms with Gasteiger partial charge in [0.1, 0.15) is 11.3 Å². The van der Waals surface area contributed by atoms with Crippen LogP contribution in [0.5, 0.6) is 5.75 Å². The molecule has 0 saturated carbocycles. The standard InChI is InChI=1S/C13H20N2O2/c1-9(2)15-13(3,12(14)16)10-6-5-7-11(8-10)17-4/h5-9,15H,1-4H3,(H2,14,16). The molecule has 1 rings (SSSR count). The van der Waals surface area contributed by atoms with Crippen LogP contribution in [0.15, 0.2) is 24.3 Å². The number of nitrogens with two attached hydrogens (primary N) is 1. The second kappa shape index (κ2) is 5.19. The quantitative estimate of drug-likeness (QED) is 0.812. The molecular formula is C13H20N2O2. The summed E-state index contributed by atoms with van der Waals surface area (Å²) in [4.78, 5) is 11.7. The Morgan fingerprint density at radius 1 is 1.47 bits per heavy atom. The minimum Gasteiger partial charge on any atom is -0.497 e. The van der Waals surface area contributed by atoms with Gasteiger partial charge in [-0.05, 0) is 38.5 Å². The molecule has 0 fully saturated rings. The first kappa shape index (κ1) is 13.5. The van der Waals surface area contributed by atoms with Crippen molar-refractivity contribution < 1.29 is 9.53 Å². The van der Waals surface area contributed by atoms with Gasteiger partial charge in [0.25, 0.3) is 0 Å². The van der Waals surface area contributed by atoms with Gasteiger partial charge in [0.15, 0.2) is 0 Å². The van der Waals surface area contributed by atoms with E-state index in [0.717, 1.165) is 5.56 Å². The molecule has 1 atom stereocenters. The van der Waals surface area contributed by atoms with Crippen LogP contribution in [-0.2, 0) is 10.3 Å². The minimum absolute atomic E-state index is 0.152. The Bertz CT molecular complexity index is 404. The molecule has 1 aromatic rings. The first-order valence-corrected chi connectivity index (χ1v) is 5.62. The number of nitrogens with one attached hydrogen (secondary N) is 1. The van der Waals surface area contributed by atoms with Crippen LogP contribution in [0.2, 0.25) is 0 Å². The molecule has 0 aliphatic carbocycles. The molecule has 1 amide bonds. The van der Waals surface area contributed by atoms with Gasteiger partial charge in [-0.25, -0.2) is 0 Å². The van der Waals surface area contributed by atoms with E-state index in [0.29, 0.717) is 5.75 Å². The van der Waals surface area contributed by atoms with Gasteiger partial charge in [0, 0.05) is 6.04 Å². The Balaban J connectivity index is 3.17. The largest absolute Gasteiger partial charge is 0.497 e. The van der Waals surface area contributed by atoms with E-state index in [9.17, 15) is 4.79 Å². The van der Waals surface area contributed by atoms with Gasteiger partial charge in [-0.2, -0.15) is 0 Å². The summed E-state index contributed by atoms with van der Waals surface area (Å²) in [5.41, 5.74) is 5.42. The Kier molecular flexibility index (Phi) is 4.12. The van der Waals surface area contributed by atoms with E-state index < -0.39 is 11.4 Å². The van der Waals surface area contributed by atoms with E-state index in [-0.39, 0.29) is 6.04 Å². The fraction of sp³-hybridized carbons (Fsp3) is 0.462. The number of ether oxygens (including phenoxy) is 1. The second-order valence-corrected chi connectivity index (χ2v) is 4.52.